The summed E-state index contributed by atoms with van der Waals surface area (Å²) in [5.41, 5.74) is 1.94. The molecular formula is C29H27BrF3N7O2. The van der Waals surface area contributed by atoms with Crippen LogP contribution in [0.3, 0.4) is 0 Å². The van der Waals surface area contributed by atoms with Gasteiger partial charge in [-0.3, -0.25) is 15.0 Å². The largest absolute Gasteiger partial charge is 0.416 e. The number of hydrogen-bond donors (Lipinski definition) is 3. The minimum Gasteiger partial charge on any atom is -0.307 e. The molecule has 9 nitrogen and oxygen atoms in total. The molecule has 0 atom stereocenters. The van der Waals surface area contributed by atoms with E-state index in [4.69, 9.17) is 0 Å². The number of carbonyl (C=O) groups is 2. The van der Waals surface area contributed by atoms with Crippen LogP contribution in [0.1, 0.15) is 65.1 Å². The Morgan fingerprint density at radius 2 is 1.67 bits per heavy atom. The second-order valence-electron chi connectivity index (χ2n) is 10.1. The summed E-state index contributed by atoms with van der Waals surface area (Å²) in [6.07, 6.45) is 1.30. The highest BCUT2D eigenvalue weighted by Crippen LogP contribution is 2.35. The molecule has 0 bridgehead atoms. The maximum absolute atomic E-state index is 13.6. The number of tetrazole rings is 1. The van der Waals surface area contributed by atoms with Crippen LogP contribution in [0.4, 0.5) is 35.3 Å². The van der Waals surface area contributed by atoms with Gasteiger partial charge in [0.1, 0.15) is 0 Å². The number of halogens is 4. The lowest BCUT2D eigenvalue weighted by molar-refractivity contribution is -0.137. The molecule has 0 saturated heterocycles. The van der Waals surface area contributed by atoms with Crippen LogP contribution < -0.4 is 15.5 Å². The molecule has 218 valence electrons. The highest BCUT2D eigenvalue weighted by molar-refractivity contribution is 9.10. The summed E-state index contributed by atoms with van der Waals surface area (Å²) >= 11 is 3.10. The van der Waals surface area contributed by atoms with Crippen molar-refractivity contribution in [3.8, 4) is 0 Å². The molecule has 0 aliphatic heterocycles. The number of rotatable bonds is 7. The molecule has 1 aliphatic rings. The van der Waals surface area contributed by atoms with E-state index in [1.807, 2.05) is 24.3 Å². The molecule has 4 aromatic rings. The number of hydrogen-bond acceptors (Lipinski definition) is 5. The van der Waals surface area contributed by atoms with Crippen LogP contribution in [0.25, 0.3) is 0 Å². The Bertz CT molecular complexity index is 1520. The summed E-state index contributed by atoms with van der Waals surface area (Å²) in [6.45, 7) is 0.0987. The van der Waals surface area contributed by atoms with Crippen LogP contribution >= 0.6 is 15.9 Å². The van der Waals surface area contributed by atoms with E-state index < -0.39 is 23.7 Å². The molecule has 1 heterocycles. The number of nitrogens with one attached hydrogen (secondary N) is 3. The Balaban J connectivity index is 1.38. The van der Waals surface area contributed by atoms with Crippen molar-refractivity contribution in [2.24, 2.45) is 0 Å². The predicted molar refractivity (Wildman–Crippen MR) is 155 cm³/mol. The van der Waals surface area contributed by atoms with Gasteiger partial charge in [-0.1, -0.05) is 64.6 Å². The van der Waals surface area contributed by atoms with Crippen molar-refractivity contribution in [1.82, 2.24) is 20.6 Å². The van der Waals surface area contributed by atoms with Crippen molar-refractivity contribution in [2.75, 3.05) is 15.5 Å². The molecule has 3 amide bonds. The number of carbonyl (C=O) groups excluding carboxylic acids is 2. The third kappa shape index (κ3) is 7.32. The zero-order valence-electron chi connectivity index (χ0n) is 22.3. The lowest BCUT2D eigenvalue weighted by atomic mass is 9.84. The number of benzene rings is 3. The molecule has 42 heavy (non-hydrogen) atoms. The molecule has 0 radical (unpaired) electrons. The quantitative estimate of drug-likeness (QED) is 0.193. The minimum absolute atomic E-state index is 0.000916. The fourth-order valence-corrected chi connectivity index (χ4v) is 5.48. The third-order valence-corrected chi connectivity index (χ3v) is 7.59. The second-order valence-corrected chi connectivity index (χ2v) is 11.0. The zero-order chi connectivity index (χ0) is 29.7. The molecule has 1 fully saturated rings. The number of urea groups is 1. The van der Waals surface area contributed by atoms with Gasteiger partial charge >= 0.3 is 12.2 Å². The van der Waals surface area contributed by atoms with Crippen molar-refractivity contribution in [1.29, 1.82) is 0 Å². The normalized spacial score (nSPS) is 13.9. The van der Waals surface area contributed by atoms with Gasteiger partial charge in [-0.2, -0.15) is 18.4 Å². The molecule has 13 heteroatoms. The van der Waals surface area contributed by atoms with E-state index in [9.17, 15) is 22.8 Å². The molecule has 0 unspecified atom stereocenters. The molecule has 1 aliphatic carbocycles. The van der Waals surface area contributed by atoms with Crippen molar-refractivity contribution in [2.45, 2.75) is 50.7 Å². The first-order chi connectivity index (χ1) is 20.2. The minimum atomic E-state index is -4.57. The molecule has 3 N–H and O–H groups in total. The van der Waals surface area contributed by atoms with Gasteiger partial charge in [0.25, 0.3) is 11.9 Å². The average Bonchev–Trinajstić information content (AvgIpc) is 3.49. The van der Waals surface area contributed by atoms with E-state index in [1.165, 1.54) is 35.8 Å². The standard InChI is InChI=1S/C29H27BrF3N7O2/c30-23-14-22(29(31,32)33)15-24(16-23)34-28(42)40(25-12-10-20(11-13-25)19-4-2-1-3-5-19)17-18-6-8-21(9-7-18)26(41)35-27-36-38-39-37-27/h6-16,19H,1-5,17H2,(H,34,42)(H2,35,36,37,38,39,41). The topological polar surface area (TPSA) is 116 Å². The first-order valence-corrected chi connectivity index (χ1v) is 14.1. The van der Waals surface area contributed by atoms with Crippen LogP contribution in [0.15, 0.2) is 71.2 Å². The number of alkyl halides is 3. The molecule has 3 aromatic carbocycles. The lowest BCUT2D eigenvalue weighted by Gasteiger charge is -2.26. The van der Waals surface area contributed by atoms with Crippen molar-refractivity contribution < 1.29 is 22.8 Å². The van der Waals surface area contributed by atoms with E-state index in [0.29, 0.717) is 22.7 Å². The van der Waals surface area contributed by atoms with Gasteiger partial charge in [-0.05, 0) is 77.6 Å². The maximum atomic E-state index is 13.6. The highest BCUT2D eigenvalue weighted by Gasteiger charge is 2.31. The first-order valence-electron chi connectivity index (χ1n) is 13.4. The summed E-state index contributed by atoms with van der Waals surface area (Å²) in [5.74, 6) is 0.0690. The Hall–Kier alpha value is -4.26. The van der Waals surface area contributed by atoms with E-state index in [-0.39, 0.29) is 22.7 Å². The third-order valence-electron chi connectivity index (χ3n) is 7.13. The summed E-state index contributed by atoms with van der Waals surface area (Å²) in [5, 5.41) is 18.1. The summed E-state index contributed by atoms with van der Waals surface area (Å²) in [4.78, 5) is 27.5. The lowest BCUT2D eigenvalue weighted by Crippen LogP contribution is -2.34. The monoisotopic (exact) mass is 641 g/mol. The number of aromatic nitrogens is 4. The number of amides is 3. The summed E-state index contributed by atoms with van der Waals surface area (Å²) in [7, 11) is 0. The van der Waals surface area contributed by atoms with Crippen LogP contribution in [-0.2, 0) is 12.7 Å². The average molecular weight is 642 g/mol. The van der Waals surface area contributed by atoms with E-state index >= 15 is 0 Å². The fourth-order valence-electron chi connectivity index (χ4n) is 4.99. The van der Waals surface area contributed by atoms with Gasteiger partial charge in [0.05, 0.1) is 12.1 Å². The first kappa shape index (κ1) is 29.2. The Labute approximate surface area is 248 Å². The molecule has 5 rings (SSSR count). The molecule has 1 aromatic heterocycles. The Kier molecular flexibility index (Phi) is 8.86. The summed E-state index contributed by atoms with van der Waals surface area (Å²) < 4.78 is 40.4. The zero-order valence-corrected chi connectivity index (χ0v) is 23.9. The highest BCUT2D eigenvalue weighted by atomic mass is 79.9. The van der Waals surface area contributed by atoms with Crippen LogP contribution in [0, 0.1) is 0 Å². The molecule has 1 saturated carbocycles. The molecular weight excluding hydrogens is 615 g/mol. The van der Waals surface area contributed by atoms with Gasteiger partial charge < -0.3 is 5.32 Å². The second kappa shape index (κ2) is 12.7. The fraction of sp³-hybridized carbons (Fsp3) is 0.276. The number of aromatic amines is 1. The van der Waals surface area contributed by atoms with Crippen molar-refractivity contribution >= 4 is 45.2 Å². The maximum Gasteiger partial charge on any atom is 0.416 e. The van der Waals surface area contributed by atoms with E-state index in [1.54, 1.807) is 24.3 Å². The van der Waals surface area contributed by atoms with E-state index in [0.717, 1.165) is 25.0 Å². The van der Waals surface area contributed by atoms with Gasteiger partial charge in [0.15, 0.2) is 0 Å². The van der Waals surface area contributed by atoms with Gasteiger partial charge in [0, 0.05) is 21.4 Å². The van der Waals surface area contributed by atoms with Crippen LogP contribution in [-0.4, -0.2) is 32.6 Å². The van der Waals surface area contributed by atoms with E-state index in [2.05, 4.69) is 47.2 Å². The van der Waals surface area contributed by atoms with Gasteiger partial charge in [-0.15, -0.1) is 5.10 Å². The molecule has 0 spiro atoms. The van der Waals surface area contributed by atoms with Gasteiger partial charge in [-0.25, -0.2) is 4.79 Å². The van der Waals surface area contributed by atoms with Crippen molar-refractivity contribution in [3.63, 3.8) is 0 Å². The van der Waals surface area contributed by atoms with Crippen molar-refractivity contribution in [3.05, 3.63) is 93.5 Å². The van der Waals surface area contributed by atoms with Crippen LogP contribution in [0.5, 0.6) is 0 Å². The Morgan fingerprint density at radius 3 is 2.31 bits per heavy atom. The summed E-state index contributed by atoms with van der Waals surface area (Å²) in [6, 6.07) is 17.0. The smallest absolute Gasteiger partial charge is 0.307 e. The number of nitrogens with zero attached hydrogens (tertiary/aromatic N) is 4. The van der Waals surface area contributed by atoms with Gasteiger partial charge in [0.2, 0.25) is 0 Å². The Morgan fingerprint density at radius 1 is 0.952 bits per heavy atom. The SMILES string of the molecule is O=C(Nc1nn[nH]n1)c1ccc(CN(C(=O)Nc2cc(Br)cc(C(F)(F)F)c2)c2ccc(C3CCCCC3)cc2)cc1. The van der Waals surface area contributed by atoms with Crippen LogP contribution in [0.2, 0.25) is 0 Å². The number of H-pyrrole nitrogens is 1. The predicted octanol–water partition coefficient (Wildman–Crippen LogP) is 7.52. The number of anilines is 3.